The minimum atomic E-state index is 0.303. The van der Waals surface area contributed by atoms with E-state index in [1.807, 2.05) is 68.4 Å². The molecule has 262 valence electrons. The Hall–Kier alpha value is -4.88. The van der Waals surface area contributed by atoms with Crippen molar-refractivity contribution in [2.75, 3.05) is 61.0 Å². The standard InChI is InChI=1S/C41H49N7.C2H6/c1-4-5-11-38(31(2)44-3)32-12-14-34(15-13-32)46-26-28-47(29-27-46)36-20-23-45(24-21-36)35-16-18-37(19-17-35)48-25-22-39(42)41(48)30-40(43)33-9-7-6-8-10-33;1-2/h4,6-10,12-19,22,25,30,36,38,42-44H,1-2,5,11,20-21,23-24,26-29H2,3H3;1-2H3/b41-30+,42-39?,43-40?;. The van der Waals surface area contributed by atoms with E-state index in [4.69, 9.17) is 10.8 Å². The van der Waals surface area contributed by atoms with E-state index in [2.05, 4.69) is 81.7 Å². The van der Waals surface area contributed by atoms with Gasteiger partial charge in [0.2, 0.25) is 0 Å². The van der Waals surface area contributed by atoms with Crippen LogP contribution < -0.4 is 20.0 Å². The molecular weight excluding hydrogens is 615 g/mol. The maximum absolute atomic E-state index is 8.55. The van der Waals surface area contributed by atoms with Gasteiger partial charge in [-0.05, 0) is 85.4 Å². The highest BCUT2D eigenvalue weighted by Crippen LogP contribution is 2.31. The first kappa shape index (κ1) is 36.4. The highest BCUT2D eigenvalue weighted by molar-refractivity contribution is 6.18. The van der Waals surface area contributed by atoms with Gasteiger partial charge in [0.15, 0.2) is 0 Å². The molecule has 0 saturated carbocycles. The van der Waals surface area contributed by atoms with Crippen LogP contribution in [0.3, 0.4) is 0 Å². The van der Waals surface area contributed by atoms with Crippen LogP contribution in [0.5, 0.6) is 0 Å². The highest BCUT2D eigenvalue weighted by atomic mass is 15.3. The van der Waals surface area contributed by atoms with Crippen molar-refractivity contribution in [1.82, 2.24) is 10.2 Å². The summed E-state index contributed by atoms with van der Waals surface area (Å²) in [6, 6.07) is 28.1. The van der Waals surface area contributed by atoms with Crippen LogP contribution in [-0.2, 0) is 0 Å². The maximum Gasteiger partial charge on any atom is 0.0795 e. The van der Waals surface area contributed by atoms with Crippen molar-refractivity contribution in [2.45, 2.75) is 51.5 Å². The quantitative estimate of drug-likeness (QED) is 0.133. The van der Waals surface area contributed by atoms with E-state index in [1.165, 1.54) is 29.8 Å². The fraction of sp³-hybridized carbons (Fsp3) is 0.349. The van der Waals surface area contributed by atoms with Crippen molar-refractivity contribution in [3.63, 3.8) is 0 Å². The van der Waals surface area contributed by atoms with E-state index < -0.39 is 0 Å². The van der Waals surface area contributed by atoms with Crippen molar-refractivity contribution in [1.29, 1.82) is 10.8 Å². The van der Waals surface area contributed by atoms with E-state index in [0.29, 0.717) is 23.4 Å². The summed E-state index contributed by atoms with van der Waals surface area (Å²) in [5, 5.41) is 20.3. The third-order valence-electron chi connectivity index (χ3n) is 10.1. The molecule has 1 unspecified atom stereocenters. The number of piperazine rings is 1. The molecule has 0 amide bonds. The molecule has 3 aliphatic rings. The third-order valence-corrected chi connectivity index (χ3v) is 10.1. The van der Waals surface area contributed by atoms with Gasteiger partial charge in [-0.3, -0.25) is 10.3 Å². The molecule has 0 aliphatic carbocycles. The molecule has 7 nitrogen and oxygen atoms in total. The fourth-order valence-electron chi connectivity index (χ4n) is 7.23. The average molecular weight is 670 g/mol. The Labute approximate surface area is 300 Å². The minimum Gasteiger partial charge on any atom is -0.391 e. The van der Waals surface area contributed by atoms with E-state index in [9.17, 15) is 0 Å². The molecule has 3 heterocycles. The van der Waals surface area contributed by atoms with Crippen LogP contribution in [-0.4, -0.2) is 68.7 Å². The average Bonchev–Trinajstić information content (AvgIpc) is 3.55. The van der Waals surface area contributed by atoms with E-state index in [0.717, 1.165) is 74.8 Å². The summed E-state index contributed by atoms with van der Waals surface area (Å²) >= 11 is 0. The minimum absolute atomic E-state index is 0.303. The molecule has 0 spiro atoms. The van der Waals surface area contributed by atoms with Gasteiger partial charge in [-0.25, -0.2) is 0 Å². The maximum atomic E-state index is 8.55. The Bertz CT molecular complexity index is 1640. The number of piperidine rings is 1. The van der Waals surface area contributed by atoms with Crippen LogP contribution in [0.1, 0.15) is 56.6 Å². The number of nitrogens with one attached hydrogen (secondary N) is 3. The molecule has 2 saturated heterocycles. The first-order chi connectivity index (χ1) is 24.4. The molecule has 3 N–H and O–H groups in total. The lowest BCUT2D eigenvalue weighted by molar-refractivity contribution is 0.160. The number of hydrogen-bond donors (Lipinski definition) is 3. The normalized spacial score (nSPS) is 18.1. The van der Waals surface area contributed by atoms with E-state index in [-0.39, 0.29) is 0 Å². The molecule has 1 atom stereocenters. The van der Waals surface area contributed by atoms with Gasteiger partial charge in [0.05, 0.1) is 17.1 Å². The summed E-state index contributed by atoms with van der Waals surface area (Å²) in [7, 11) is 1.95. The third kappa shape index (κ3) is 8.64. The van der Waals surface area contributed by atoms with Gasteiger partial charge in [-0.2, -0.15) is 0 Å². The molecule has 2 fully saturated rings. The monoisotopic (exact) mass is 669 g/mol. The van der Waals surface area contributed by atoms with Crippen LogP contribution in [0.4, 0.5) is 17.1 Å². The molecule has 0 aromatic heterocycles. The number of allylic oxidation sites excluding steroid dienone is 4. The van der Waals surface area contributed by atoms with Crippen LogP contribution in [0.15, 0.2) is 128 Å². The summed E-state index contributed by atoms with van der Waals surface area (Å²) in [5.41, 5.74) is 8.32. The van der Waals surface area contributed by atoms with Gasteiger partial charge in [-0.15, -0.1) is 6.58 Å². The lowest BCUT2D eigenvalue weighted by atomic mass is 9.91. The number of hydrogen-bond acceptors (Lipinski definition) is 7. The lowest BCUT2D eigenvalue weighted by Gasteiger charge is -2.44. The van der Waals surface area contributed by atoms with Gasteiger partial charge in [0.25, 0.3) is 0 Å². The van der Waals surface area contributed by atoms with Gasteiger partial charge < -0.3 is 25.4 Å². The van der Waals surface area contributed by atoms with E-state index in [1.54, 1.807) is 12.2 Å². The molecule has 6 rings (SSSR count). The molecule has 50 heavy (non-hydrogen) atoms. The predicted octanol–water partition coefficient (Wildman–Crippen LogP) is 8.59. The second-order valence-corrected chi connectivity index (χ2v) is 13.0. The predicted molar refractivity (Wildman–Crippen MR) is 214 cm³/mol. The zero-order chi connectivity index (χ0) is 35.5. The Morgan fingerprint density at radius 3 is 2.02 bits per heavy atom. The number of anilines is 3. The summed E-state index contributed by atoms with van der Waals surface area (Å²) in [5.74, 6) is 0.303. The second-order valence-electron chi connectivity index (χ2n) is 13.0. The largest absolute Gasteiger partial charge is 0.391 e. The SMILES string of the molecule is C=CCCC(C(=C)NC)c1ccc(N2CCN(C3CCN(c4ccc(N5C=CC(=N)/C5=C\C(=N)c5ccccc5)cc4)CC3)CC2)cc1.CC. The topological polar surface area (TPSA) is 72.7 Å². The van der Waals surface area contributed by atoms with E-state index >= 15 is 0 Å². The molecule has 3 aromatic rings. The summed E-state index contributed by atoms with van der Waals surface area (Å²) in [6.07, 6.45) is 11.9. The molecule has 7 heteroatoms. The number of nitrogens with zero attached hydrogens (tertiary/aromatic N) is 4. The first-order valence-corrected chi connectivity index (χ1v) is 18.3. The van der Waals surface area contributed by atoms with Gasteiger partial charge in [0.1, 0.15) is 0 Å². The molecule has 0 radical (unpaired) electrons. The van der Waals surface area contributed by atoms with Gasteiger partial charge in [0, 0.05) is 87.2 Å². The van der Waals surface area contributed by atoms with Crippen molar-refractivity contribution in [3.8, 4) is 0 Å². The summed E-state index contributed by atoms with van der Waals surface area (Å²) in [6.45, 7) is 18.6. The van der Waals surface area contributed by atoms with Crippen molar-refractivity contribution in [3.05, 3.63) is 139 Å². The lowest BCUT2D eigenvalue weighted by Crippen LogP contribution is -2.53. The van der Waals surface area contributed by atoms with Crippen LogP contribution in [0, 0.1) is 10.8 Å². The zero-order valence-corrected chi connectivity index (χ0v) is 30.2. The van der Waals surface area contributed by atoms with Crippen molar-refractivity contribution < 1.29 is 0 Å². The van der Waals surface area contributed by atoms with Crippen molar-refractivity contribution in [2.24, 2.45) is 0 Å². The number of likely N-dealkylation sites (N-methyl/N-ethyl adjacent to an activating group) is 1. The molecule has 3 aromatic carbocycles. The fourth-order valence-corrected chi connectivity index (χ4v) is 7.23. The number of rotatable bonds is 12. The molecular formula is C43H55N7. The number of benzene rings is 3. The van der Waals surface area contributed by atoms with Crippen LogP contribution in [0.25, 0.3) is 0 Å². The van der Waals surface area contributed by atoms with Gasteiger partial charge in [-0.1, -0.05) is 69.0 Å². The summed E-state index contributed by atoms with van der Waals surface area (Å²) in [4.78, 5) is 9.76. The van der Waals surface area contributed by atoms with Crippen LogP contribution in [0.2, 0.25) is 0 Å². The Morgan fingerprint density at radius 1 is 0.840 bits per heavy atom. The Kier molecular flexibility index (Phi) is 12.9. The second kappa shape index (κ2) is 17.7. The Balaban J connectivity index is 0.00000239. The molecule has 3 aliphatic heterocycles. The summed E-state index contributed by atoms with van der Waals surface area (Å²) < 4.78 is 0. The molecule has 0 bridgehead atoms. The van der Waals surface area contributed by atoms with Crippen molar-refractivity contribution >= 4 is 28.5 Å². The van der Waals surface area contributed by atoms with Crippen LogP contribution >= 0.6 is 0 Å². The Morgan fingerprint density at radius 2 is 1.42 bits per heavy atom. The zero-order valence-electron chi connectivity index (χ0n) is 30.2. The highest BCUT2D eigenvalue weighted by Gasteiger charge is 2.28. The first-order valence-electron chi connectivity index (χ1n) is 18.3. The van der Waals surface area contributed by atoms with Gasteiger partial charge >= 0.3 is 0 Å². The smallest absolute Gasteiger partial charge is 0.0795 e.